The highest BCUT2D eigenvalue weighted by molar-refractivity contribution is 5.78. The van der Waals surface area contributed by atoms with E-state index in [1.807, 2.05) is 19.1 Å². The van der Waals surface area contributed by atoms with Crippen molar-refractivity contribution >= 4 is 5.91 Å². The summed E-state index contributed by atoms with van der Waals surface area (Å²) in [6, 6.07) is 12.8. The van der Waals surface area contributed by atoms with Crippen LogP contribution in [-0.4, -0.2) is 25.7 Å². The molecule has 0 aliphatic heterocycles. The Balaban J connectivity index is 1.67. The van der Waals surface area contributed by atoms with E-state index in [1.165, 1.54) is 6.33 Å². The Morgan fingerprint density at radius 3 is 2.72 bits per heavy atom. The molecule has 0 aliphatic rings. The third kappa shape index (κ3) is 4.06. The Labute approximate surface area is 145 Å². The summed E-state index contributed by atoms with van der Waals surface area (Å²) in [5.41, 5.74) is 3.14. The van der Waals surface area contributed by atoms with Crippen LogP contribution in [0.2, 0.25) is 0 Å². The number of benzene rings is 1. The van der Waals surface area contributed by atoms with Gasteiger partial charge in [0.15, 0.2) is 5.82 Å². The minimum atomic E-state index is -0.102. The maximum absolute atomic E-state index is 12.2. The van der Waals surface area contributed by atoms with Crippen molar-refractivity contribution in [3.8, 4) is 11.9 Å². The van der Waals surface area contributed by atoms with Crippen LogP contribution in [0.3, 0.4) is 0 Å². The fourth-order valence-corrected chi connectivity index (χ4v) is 2.36. The summed E-state index contributed by atoms with van der Waals surface area (Å²) in [5.74, 6) is 0.547. The second kappa shape index (κ2) is 7.36. The van der Waals surface area contributed by atoms with Crippen LogP contribution in [0.15, 0.2) is 49.1 Å². The Morgan fingerprint density at radius 2 is 2.04 bits per heavy atom. The molecule has 2 aromatic heterocycles. The molecule has 0 spiro atoms. The number of rotatable bonds is 5. The predicted octanol–water partition coefficient (Wildman–Crippen LogP) is 1.70. The first kappa shape index (κ1) is 16.3. The van der Waals surface area contributed by atoms with Gasteiger partial charge in [-0.1, -0.05) is 18.2 Å². The number of carbonyl (C=O) groups excluding carboxylic acids is 1. The van der Waals surface area contributed by atoms with Crippen molar-refractivity contribution in [3.05, 3.63) is 71.4 Å². The molecule has 3 aromatic rings. The number of nitrogens with zero attached hydrogens (tertiary/aromatic N) is 5. The third-order valence-electron chi connectivity index (χ3n) is 3.65. The van der Waals surface area contributed by atoms with Gasteiger partial charge in [-0.05, 0) is 30.7 Å². The normalized spacial score (nSPS) is 10.2. The molecule has 25 heavy (non-hydrogen) atoms. The van der Waals surface area contributed by atoms with Crippen molar-refractivity contribution in [1.82, 2.24) is 25.1 Å². The Hall–Kier alpha value is -3.53. The molecule has 124 valence electrons. The monoisotopic (exact) mass is 332 g/mol. The van der Waals surface area contributed by atoms with Gasteiger partial charge >= 0.3 is 0 Å². The van der Waals surface area contributed by atoms with Gasteiger partial charge in [-0.2, -0.15) is 10.4 Å². The summed E-state index contributed by atoms with van der Waals surface area (Å²) in [6.07, 6.45) is 3.27. The number of amides is 1. The lowest BCUT2D eigenvalue weighted by Gasteiger charge is -2.10. The molecule has 0 unspecified atom stereocenters. The van der Waals surface area contributed by atoms with Gasteiger partial charge in [-0.15, -0.1) is 0 Å². The summed E-state index contributed by atoms with van der Waals surface area (Å²) in [6.45, 7) is 2.24. The van der Waals surface area contributed by atoms with Crippen LogP contribution >= 0.6 is 0 Å². The number of aromatic nitrogens is 4. The van der Waals surface area contributed by atoms with E-state index >= 15 is 0 Å². The van der Waals surface area contributed by atoms with Gasteiger partial charge in [0.1, 0.15) is 12.7 Å². The van der Waals surface area contributed by atoms with E-state index in [2.05, 4.69) is 26.5 Å². The highest BCUT2D eigenvalue weighted by Gasteiger charge is 2.10. The van der Waals surface area contributed by atoms with Crippen LogP contribution in [-0.2, 0) is 17.8 Å². The lowest BCUT2D eigenvalue weighted by molar-refractivity contribution is -0.120. The Kier molecular flexibility index (Phi) is 4.81. The van der Waals surface area contributed by atoms with Crippen molar-refractivity contribution in [1.29, 1.82) is 5.26 Å². The molecule has 3 rings (SSSR count). The zero-order valence-electron chi connectivity index (χ0n) is 13.7. The molecule has 0 aliphatic carbocycles. The molecule has 7 heteroatoms. The van der Waals surface area contributed by atoms with Gasteiger partial charge < -0.3 is 5.32 Å². The lowest BCUT2D eigenvalue weighted by atomic mass is 10.1. The Morgan fingerprint density at radius 1 is 1.24 bits per heavy atom. The smallest absolute Gasteiger partial charge is 0.224 e. The number of hydrogen-bond donors (Lipinski definition) is 1. The molecule has 1 aromatic carbocycles. The average molecular weight is 332 g/mol. The second-order valence-electron chi connectivity index (χ2n) is 5.54. The van der Waals surface area contributed by atoms with Crippen molar-refractivity contribution in [2.24, 2.45) is 0 Å². The van der Waals surface area contributed by atoms with Crippen LogP contribution in [0.25, 0.3) is 5.82 Å². The van der Waals surface area contributed by atoms with E-state index in [4.69, 9.17) is 5.26 Å². The molecule has 0 bridgehead atoms. The zero-order valence-corrected chi connectivity index (χ0v) is 13.7. The van der Waals surface area contributed by atoms with E-state index < -0.39 is 0 Å². The molecule has 7 nitrogen and oxygen atoms in total. The molecule has 0 fully saturated rings. The molecular weight excluding hydrogens is 316 g/mol. The summed E-state index contributed by atoms with van der Waals surface area (Å²) < 4.78 is 1.58. The maximum atomic E-state index is 12.2. The van der Waals surface area contributed by atoms with Crippen LogP contribution in [0.1, 0.15) is 22.4 Å². The number of carbonyl (C=O) groups is 1. The van der Waals surface area contributed by atoms with E-state index in [0.29, 0.717) is 17.9 Å². The van der Waals surface area contributed by atoms with Crippen LogP contribution < -0.4 is 5.32 Å². The number of pyridine rings is 1. The van der Waals surface area contributed by atoms with Crippen molar-refractivity contribution in [2.45, 2.75) is 19.9 Å². The second-order valence-corrected chi connectivity index (χ2v) is 5.54. The number of nitriles is 1. The van der Waals surface area contributed by atoms with Gasteiger partial charge in [0.25, 0.3) is 0 Å². The molecule has 1 amide bonds. The summed E-state index contributed by atoms with van der Waals surface area (Å²) in [4.78, 5) is 20.6. The van der Waals surface area contributed by atoms with E-state index in [9.17, 15) is 4.79 Å². The van der Waals surface area contributed by atoms with Gasteiger partial charge in [-0.25, -0.2) is 14.6 Å². The van der Waals surface area contributed by atoms with Crippen molar-refractivity contribution in [3.63, 3.8) is 0 Å². The molecule has 1 N–H and O–H groups in total. The number of aryl methyl sites for hydroxylation is 1. The summed E-state index contributed by atoms with van der Waals surface area (Å²) in [5, 5.41) is 15.8. The SMILES string of the molecule is Cc1ccc(CNC(=O)Cc2ccc(C#N)cc2)c(-n2cncn2)n1. The topological polar surface area (TPSA) is 96.5 Å². The summed E-state index contributed by atoms with van der Waals surface area (Å²) >= 11 is 0. The van der Waals surface area contributed by atoms with Gasteiger partial charge in [-0.3, -0.25) is 4.79 Å². The first-order valence-corrected chi connectivity index (χ1v) is 7.73. The van der Waals surface area contributed by atoms with Crippen molar-refractivity contribution in [2.75, 3.05) is 0 Å². The molecule has 2 heterocycles. The maximum Gasteiger partial charge on any atom is 0.224 e. The number of hydrogen-bond acceptors (Lipinski definition) is 5. The highest BCUT2D eigenvalue weighted by atomic mass is 16.1. The fourth-order valence-electron chi connectivity index (χ4n) is 2.36. The number of nitrogens with one attached hydrogen (secondary N) is 1. The van der Waals surface area contributed by atoms with Crippen LogP contribution in [0.5, 0.6) is 0 Å². The standard InChI is InChI=1S/C18H16N6O/c1-13-2-7-16(18(23-13)24-12-20-11-22-24)10-21-17(25)8-14-3-5-15(9-19)6-4-14/h2-7,11-12H,8,10H2,1H3,(H,21,25). The van der Waals surface area contributed by atoms with Gasteiger partial charge in [0.05, 0.1) is 18.1 Å². The average Bonchev–Trinajstić information content (AvgIpc) is 3.16. The molecule has 0 atom stereocenters. The molecule has 0 saturated heterocycles. The first-order valence-electron chi connectivity index (χ1n) is 7.73. The van der Waals surface area contributed by atoms with Gasteiger partial charge in [0, 0.05) is 17.8 Å². The summed E-state index contributed by atoms with van der Waals surface area (Å²) in [7, 11) is 0. The van der Waals surface area contributed by atoms with E-state index in [-0.39, 0.29) is 12.3 Å². The van der Waals surface area contributed by atoms with Crippen LogP contribution in [0, 0.1) is 18.3 Å². The quantitative estimate of drug-likeness (QED) is 0.767. The molecular formula is C18H16N6O. The first-order chi connectivity index (χ1) is 12.2. The largest absolute Gasteiger partial charge is 0.352 e. The zero-order chi connectivity index (χ0) is 17.6. The van der Waals surface area contributed by atoms with E-state index in [0.717, 1.165) is 16.8 Å². The van der Waals surface area contributed by atoms with Gasteiger partial charge in [0.2, 0.25) is 5.91 Å². The van der Waals surface area contributed by atoms with Crippen LogP contribution in [0.4, 0.5) is 0 Å². The fraction of sp³-hybridized carbons (Fsp3) is 0.167. The minimum absolute atomic E-state index is 0.102. The third-order valence-corrected chi connectivity index (χ3v) is 3.65. The lowest BCUT2D eigenvalue weighted by Crippen LogP contribution is -2.25. The molecule has 0 saturated carbocycles. The highest BCUT2D eigenvalue weighted by Crippen LogP contribution is 2.12. The minimum Gasteiger partial charge on any atom is -0.352 e. The Bertz CT molecular complexity index is 910. The molecule has 0 radical (unpaired) electrons. The van der Waals surface area contributed by atoms with E-state index in [1.54, 1.807) is 35.3 Å². The van der Waals surface area contributed by atoms with Crippen molar-refractivity contribution < 1.29 is 4.79 Å². The predicted molar refractivity (Wildman–Crippen MR) is 90.6 cm³/mol.